The zero-order valence-electron chi connectivity index (χ0n) is 19.5. The summed E-state index contributed by atoms with van der Waals surface area (Å²) in [6.45, 7) is 7.57. The third kappa shape index (κ3) is 11.6. The molecule has 192 valence electrons. The van der Waals surface area contributed by atoms with E-state index in [4.69, 9.17) is 22.3 Å². The molecule has 0 spiro atoms. The average Bonchev–Trinajstić information content (AvgIpc) is 2.72. The Morgan fingerprint density at radius 2 is 1.36 bits per heavy atom. The standard InChI is InChI=1S/C19H34INO9P2S/c1-5-26-31(22,27-6-2)16-21(17-32(23,28-7-3)29-15-20)13-8-14-30-33(24,25)19-11-9-18(4)10-12-19/h9-12H,5-8,13-17H2,1-4H3. The Kier molecular flexibility index (Phi) is 14.4. The van der Waals surface area contributed by atoms with Crippen molar-refractivity contribution in [2.45, 2.75) is 39.0 Å². The van der Waals surface area contributed by atoms with Crippen LogP contribution in [-0.4, -0.2) is 63.5 Å². The van der Waals surface area contributed by atoms with Crippen LogP contribution in [0.15, 0.2) is 29.2 Å². The highest BCUT2D eigenvalue weighted by Crippen LogP contribution is 2.53. The van der Waals surface area contributed by atoms with Crippen molar-refractivity contribution < 1.29 is 39.8 Å². The highest BCUT2D eigenvalue weighted by atomic mass is 127. The second kappa shape index (κ2) is 15.3. The lowest BCUT2D eigenvalue weighted by molar-refractivity contribution is 0.185. The van der Waals surface area contributed by atoms with Gasteiger partial charge in [0.25, 0.3) is 10.1 Å². The first-order chi connectivity index (χ1) is 15.5. The molecule has 1 aromatic rings. The van der Waals surface area contributed by atoms with Crippen LogP contribution in [0.4, 0.5) is 0 Å². The van der Waals surface area contributed by atoms with E-state index in [0.717, 1.165) is 5.56 Å². The second-order valence-corrected chi connectivity index (χ2v) is 13.1. The molecule has 0 heterocycles. The van der Waals surface area contributed by atoms with Crippen LogP contribution in [0, 0.1) is 6.92 Å². The van der Waals surface area contributed by atoms with E-state index in [0.29, 0.717) is 0 Å². The lowest BCUT2D eigenvalue weighted by Gasteiger charge is -2.29. The van der Waals surface area contributed by atoms with Gasteiger partial charge in [0.15, 0.2) is 0 Å². The Morgan fingerprint density at radius 3 is 1.82 bits per heavy atom. The maximum Gasteiger partial charge on any atom is 0.345 e. The lowest BCUT2D eigenvalue weighted by Crippen LogP contribution is -2.30. The van der Waals surface area contributed by atoms with Crippen LogP contribution in [0.2, 0.25) is 0 Å². The Balaban J connectivity index is 2.89. The molecule has 1 atom stereocenters. The van der Waals surface area contributed by atoms with Crippen molar-refractivity contribution >= 4 is 47.9 Å². The molecule has 0 saturated heterocycles. The summed E-state index contributed by atoms with van der Waals surface area (Å²) in [7, 11) is -10.9. The molecule has 0 aliphatic carbocycles. The topological polar surface area (TPSA) is 118 Å². The number of nitrogens with zero attached hydrogens (tertiary/aromatic N) is 1. The molecule has 0 amide bonds. The molecule has 14 heteroatoms. The van der Waals surface area contributed by atoms with Crippen molar-refractivity contribution in [3.63, 3.8) is 0 Å². The minimum absolute atomic E-state index is 0.0680. The zero-order chi connectivity index (χ0) is 25.0. The molecule has 0 aliphatic rings. The summed E-state index contributed by atoms with van der Waals surface area (Å²) in [5.41, 5.74) is 0.935. The maximum absolute atomic E-state index is 13.0. The third-order valence-electron chi connectivity index (χ3n) is 4.14. The van der Waals surface area contributed by atoms with Crippen molar-refractivity contribution in [1.82, 2.24) is 4.90 Å². The molecule has 0 saturated carbocycles. The Hall–Kier alpha value is 0.120. The zero-order valence-corrected chi connectivity index (χ0v) is 24.2. The fourth-order valence-electron chi connectivity index (χ4n) is 2.81. The summed E-state index contributed by atoms with van der Waals surface area (Å²) in [6, 6.07) is 6.35. The predicted molar refractivity (Wildman–Crippen MR) is 135 cm³/mol. The van der Waals surface area contributed by atoms with Gasteiger partial charge in [0.05, 0.1) is 31.3 Å². The van der Waals surface area contributed by atoms with Gasteiger partial charge in [-0.3, -0.25) is 22.7 Å². The molecule has 0 aromatic heterocycles. The minimum atomic E-state index is -3.91. The van der Waals surface area contributed by atoms with Gasteiger partial charge in [-0.25, -0.2) is 0 Å². The number of rotatable bonds is 18. The number of alkyl halides is 1. The number of benzene rings is 1. The van der Waals surface area contributed by atoms with Gasteiger partial charge in [0, 0.05) is 6.54 Å². The molecule has 0 N–H and O–H groups in total. The molecule has 0 aliphatic heterocycles. The molecule has 0 fully saturated rings. The van der Waals surface area contributed by atoms with E-state index in [1.807, 2.05) is 29.5 Å². The molecular weight excluding hydrogens is 607 g/mol. The molecule has 0 bridgehead atoms. The average molecular weight is 641 g/mol. The van der Waals surface area contributed by atoms with Crippen molar-refractivity contribution in [2.75, 3.05) is 50.2 Å². The number of hydrogen-bond donors (Lipinski definition) is 0. The highest BCUT2D eigenvalue weighted by molar-refractivity contribution is 14.1. The summed E-state index contributed by atoms with van der Waals surface area (Å²) in [6.07, 6.45) is -0.0561. The fourth-order valence-corrected chi connectivity index (χ4v) is 8.45. The molecular formula is C19H34INO9P2S. The first kappa shape index (κ1) is 31.2. The van der Waals surface area contributed by atoms with Crippen LogP contribution in [0.3, 0.4) is 0 Å². The van der Waals surface area contributed by atoms with Gasteiger partial charge < -0.3 is 13.6 Å². The van der Waals surface area contributed by atoms with Crippen molar-refractivity contribution in [3.05, 3.63) is 29.8 Å². The SMILES string of the molecule is CCOP(=O)(CN(CCCOS(=O)(=O)c1ccc(C)cc1)CP(=O)(OCC)OCI)OCC. The predicted octanol–water partition coefficient (Wildman–Crippen LogP) is 5.21. The van der Waals surface area contributed by atoms with E-state index < -0.39 is 25.3 Å². The first-order valence-corrected chi connectivity index (χ1v) is 16.9. The van der Waals surface area contributed by atoms with Crippen LogP contribution in [0.5, 0.6) is 0 Å². The Labute approximate surface area is 211 Å². The third-order valence-corrected chi connectivity index (χ3v) is 10.2. The largest absolute Gasteiger partial charge is 0.345 e. The molecule has 1 rings (SSSR count). The van der Waals surface area contributed by atoms with E-state index >= 15 is 0 Å². The van der Waals surface area contributed by atoms with Crippen molar-refractivity contribution in [2.24, 2.45) is 0 Å². The number of hydrogen-bond acceptors (Lipinski definition) is 10. The second-order valence-electron chi connectivity index (χ2n) is 6.83. The van der Waals surface area contributed by atoms with E-state index in [9.17, 15) is 17.5 Å². The number of aryl methyl sites for hydroxylation is 1. The normalized spacial score (nSPS) is 14.5. The van der Waals surface area contributed by atoms with Crippen LogP contribution >= 0.6 is 37.8 Å². The van der Waals surface area contributed by atoms with Gasteiger partial charge in [0.1, 0.15) is 17.2 Å². The molecule has 1 unspecified atom stereocenters. The lowest BCUT2D eigenvalue weighted by atomic mass is 10.2. The summed E-state index contributed by atoms with van der Waals surface area (Å²) in [5, 5.41) is 0. The van der Waals surface area contributed by atoms with E-state index in [1.54, 1.807) is 37.8 Å². The fraction of sp³-hybridized carbons (Fsp3) is 0.684. The smallest absolute Gasteiger partial charge is 0.308 e. The van der Waals surface area contributed by atoms with Crippen LogP contribution in [0.25, 0.3) is 0 Å². The minimum Gasteiger partial charge on any atom is -0.308 e. The summed E-state index contributed by atoms with van der Waals surface area (Å²) in [4.78, 5) is 1.65. The van der Waals surface area contributed by atoms with Crippen LogP contribution in [-0.2, 0) is 41.5 Å². The van der Waals surface area contributed by atoms with Gasteiger partial charge in [-0.05, 0) is 46.2 Å². The monoisotopic (exact) mass is 641 g/mol. The Morgan fingerprint density at radius 1 is 0.879 bits per heavy atom. The van der Waals surface area contributed by atoms with Crippen LogP contribution in [0.1, 0.15) is 32.8 Å². The molecule has 1 aromatic carbocycles. The van der Waals surface area contributed by atoms with Gasteiger partial charge in [-0.1, -0.05) is 40.3 Å². The van der Waals surface area contributed by atoms with Crippen molar-refractivity contribution in [3.8, 4) is 0 Å². The summed E-state index contributed by atoms with van der Waals surface area (Å²) < 4.78 is 77.5. The molecule has 33 heavy (non-hydrogen) atoms. The Bertz CT molecular complexity index is 847. The maximum atomic E-state index is 13.0. The quantitative estimate of drug-likeness (QED) is 0.0695. The van der Waals surface area contributed by atoms with Gasteiger partial charge >= 0.3 is 15.2 Å². The van der Waals surface area contributed by atoms with Gasteiger partial charge in [0.2, 0.25) is 0 Å². The van der Waals surface area contributed by atoms with E-state index in [-0.39, 0.29) is 61.5 Å². The van der Waals surface area contributed by atoms with Crippen molar-refractivity contribution in [1.29, 1.82) is 0 Å². The summed E-state index contributed by atoms with van der Waals surface area (Å²) >= 11 is 1.92. The molecule has 10 nitrogen and oxygen atoms in total. The van der Waals surface area contributed by atoms with E-state index in [1.165, 1.54) is 12.1 Å². The van der Waals surface area contributed by atoms with Crippen LogP contribution < -0.4 is 0 Å². The van der Waals surface area contributed by atoms with Gasteiger partial charge in [-0.2, -0.15) is 8.42 Å². The number of halogens is 1. The first-order valence-electron chi connectivity index (χ1n) is 10.5. The summed E-state index contributed by atoms with van der Waals surface area (Å²) in [5.74, 6) is 0. The molecule has 0 radical (unpaired) electrons. The highest BCUT2D eigenvalue weighted by Gasteiger charge is 2.33. The van der Waals surface area contributed by atoms with E-state index in [2.05, 4.69) is 0 Å². The van der Waals surface area contributed by atoms with Gasteiger partial charge in [-0.15, -0.1) is 0 Å².